The molecule has 0 spiro atoms. The highest BCUT2D eigenvalue weighted by atomic mass is 16.6. The highest BCUT2D eigenvalue weighted by Gasteiger charge is 2.76. The number of carbonyl (C=O) groups is 3. The summed E-state index contributed by atoms with van der Waals surface area (Å²) in [6.45, 7) is 5.48. The number of ether oxygens (including phenoxy) is 3. The van der Waals surface area contributed by atoms with Crippen LogP contribution < -0.4 is 0 Å². The summed E-state index contributed by atoms with van der Waals surface area (Å²) >= 11 is 0. The smallest absolute Gasteiger partial charge is 0.338 e. The van der Waals surface area contributed by atoms with Crippen molar-refractivity contribution in [3.05, 3.63) is 58.9 Å². The van der Waals surface area contributed by atoms with E-state index in [1.807, 2.05) is 0 Å². The van der Waals surface area contributed by atoms with Crippen molar-refractivity contribution in [3.8, 4) is 0 Å². The van der Waals surface area contributed by atoms with E-state index in [1.54, 1.807) is 25.1 Å². The Morgan fingerprint density at radius 3 is 2.39 bits per heavy atom. The minimum atomic E-state index is -2.17. The van der Waals surface area contributed by atoms with Crippen molar-refractivity contribution < 1.29 is 49.0 Å². The number of hydrogen-bond donors (Lipinski definition) is 4. The Bertz CT molecular complexity index is 1250. The Morgan fingerprint density at radius 1 is 1.16 bits per heavy atom. The fourth-order valence-electron chi connectivity index (χ4n) is 6.97. The van der Waals surface area contributed by atoms with E-state index in [0.29, 0.717) is 0 Å². The van der Waals surface area contributed by atoms with E-state index in [-0.39, 0.29) is 29.7 Å². The van der Waals surface area contributed by atoms with E-state index in [2.05, 4.69) is 0 Å². The fourth-order valence-corrected chi connectivity index (χ4v) is 6.97. The zero-order chi connectivity index (χ0) is 27.8. The quantitative estimate of drug-likeness (QED) is 0.422. The summed E-state index contributed by atoms with van der Waals surface area (Å²) in [6.07, 6.45) is -4.63. The molecule has 1 aliphatic heterocycles. The van der Waals surface area contributed by atoms with Crippen molar-refractivity contribution in [3.63, 3.8) is 0 Å². The van der Waals surface area contributed by atoms with E-state index in [1.165, 1.54) is 32.9 Å². The molecule has 10 heteroatoms. The number of Topliss-reactive ketones (excluding diaryl/α,β-unsaturated/α-hetero) is 1. The van der Waals surface area contributed by atoms with Gasteiger partial charge in [-0.05, 0) is 43.2 Å². The van der Waals surface area contributed by atoms with Crippen molar-refractivity contribution in [2.45, 2.75) is 69.7 Å². The monoisotopic (exact) mass is 528 g/mol. The third kappa shape index (κ3) is 3.44. The maximum atomic E-state index is 14.1. The number of aliphatic hydroxyl groups excluding tert-OH is 3. The molecular weight excluding hydrogens is 496 g/mol. The van der Waals surface area contributed by atoms with Crippen LogP contribution in [0.3, 0.4) is 0 Å². The van der Waals surface area contributed by atoms with Crippen LogP contribution >= 0.6 is 0 Å². The molecule has 1 aromatic rings. The molecule has 4 N–H and O–H groups in total. The van der Waals surface area contributed by atoms with E-state index in [0.717, 1.165) is 6.08 Å². The first-order valence-electron chi connectivity index (χ1n) is 12.6. The van der Waals surface area contributed by atoms with E-state index in [9.17, 15) is 34.8 Å². The third-order valence-corrected chi connectivity index (χ3v) is 9.11. The zero-order valence-electron chi connectivity index (χ0n) is 21.6. The van der Waals surface area contributed by atoms with Gasteiger partial charge in [-0.2, -0.15) is 0 Å². The number of hydrogen-bond acceptors (Lipinski definition) is 10. The standard InChI is InChI=1S/C28H32O10/c1-13-17(30)11-27(35)14(2)20(13)21(32)23(33)26(4)18(31)10-19-28(12-36-19,38-15(3)29)22(26)24(27)37-25(34)16-8-6-5-7-9-16/h5-9,11,14,18-19,21-22,24,30-32,35H,10,12H2,1-4H3/t14-,18-,19+,21+,22-,24-,26+,27-,28-/m0/s1. The number of aliphatic hydroxyl groups is 4. The highest BCUT2D eigenvalue weighted by molar-refractivity contribution is 5.94. The molecule has 0 unspecified atom stereocenters. The zero-order valence-corrected chi connectivity index (χ0v) is 21.6. The van der Waals surface area contributed by atoms with Crippen LogP contribution in [-0.4, -0.2) is 80.4 Å². The van der Waals surface area contributed by atoms with Gasteiger partial charge in [0.1, 0.15) is 29.7 Å². The first kappa shape index (κ1) is 26.6. The maximum absolute atomic E-state index is 14.1. The Labute approximate surface area is 219 Å². The summed E-state index contributed by atoms with van der Waals surface area (Å²) in [5.41, 5.74) is -5.17. The molecule has 3 fully saturated rings. The first-order chi connectivity index (χ1) is 17.8. The number of carbonyl (C=O) groups excluding carboxylic acids is 3. The number of ketones is 1. The lowest BCUT2D eigenvalue weighted by Crippen LogP contribution is -2.80. The summed E-state index contributed by atoms with van der Waals surface area (Å²) in [6, 6.07) is 8.01. The van der Waals surface area contributed by atoms with Gasteiger partial charge in [0, 0.05) is 19.3 Å². The number of allylic oxidation sites excluding steroid dienone is 1. The molecule has 2 bridgehead atoms. The molecule has 1 aromatic carbocycles. The minimum Gasteiger partial charge on any atom is -0.508 e. The predicted molar refractivity (Wildman–Crippen MR) is 131 cm³/mol. The van der Waals surface area contributed by atoms with Crippen molar-refractivity contribution in [1.29, 1.82) is 0 Å². The molecule has 1 saturated heterocycles. The second kappa shape index (κ2) is 8.74. The average molecular weight is 529 g/mol. The summed E-state index contributed by atoms with van der Waals surface area (Å²) in [4.78, 5) is 39.9. The molecule has 5 rings (SSSR count). The van der Waals surface area contributed by atoms with Gasteiger partial charge in [0.15, 0.2) is 11.4 Å². The highest BCUT2D eigenvalue weighted by Crippen LogP contribution is 2.61. The average Bonchev–Trinajstić information content (AvgIpc) is 2.87. The van der Waals surface area contributed by atoms with E-state index < -0.39 is 76.3 Å². The molecule has 38 heavy (non-hydrogen) atoms. The van der Waals surface area contributed by atoms with Crippen LogP contribution in [0.25, 0.3) is 0 Å². The van der Waals surface area contributed by atoms with E-state index >= 15 is 0 Å². The van der Waals surface area contributed by atoms with Gasteiger partial charge in [-0.15, -0.1) is 0 Å². The Morgan fingerprint density at radius 2 is 1.82 bits per heavy atom. The lowest BCUT2D eigenvalue weighted by molar-refractivity contribution is -0.339. The fraction of sp³-hybridized carbons (Fsp3) is 0.536. The Balaban J connectivity index is 1.79. The number of benzene rings is 1. The van der Waals surface area contributed by atoms with Crippen LogP contribution in [0, 0.1) is 17.3 Å². The number of rotatable bonds is 3. The Kier molecular flexibility index (Phi) is 6.11. The van der Waals surface area contributed by atoms with Gasteiger partial charge in [0.05, 0.1) is 29.6 Å². The molecule has 9 atom stereocenters. The van der Waals surface area contributed by atoms with Crippen LogP contribution in [-0.2, 0) is 23.8 Å². The first-order valence-corrected chi connectivity index (χ1v) is 12.6. The molecule has 1 heterocycles. The predicted octanol–water partition coefficient (Wildman–Crippen LogP) is 1.38. The second-order valence-electron chi connectivity index (χ2n) is 11.0. The second-order valence-corrected chi connectivity index (χ2v) is 11.0. The van der Waals surface area contributed by atoms with Crippen LogP contribution in [0.2, 0.25) is 0 Å². The summed E-state index contributed by atoms with van der Waals surface area (Å²) in [5.74, 6) is -5.08. The summed E-state index contributed by atoms with van der Waals surface area (Å²) in [5, 5.41) is 45.9. The number of esters is 2. The SMILES string of the molecule is CC(=O)O[C@@]12CO[C@@H]1C[C@H](O)[C@@]1(C)C(=O)[C@H](O)C3=C(C)C(O)=C[C@](O)([C@H]3C)[C@@H](OC(=O)c3ccccc3)[C@H]21. The molecule has 4 aliphatic rings. The van der Waals surface area contributed by atoms with Gasteiger partial charge >= 0.3 is 11.9 Å². The maximum Gasteiger partial charge on any atom is 0.338 e. The van der Waals surface area contributed by atoms with Crippen molar-refractivity contribution in [2.24, 2.45) is 17.3 Å². The van der Waals surface area contributed by atoms with Gasteiger partial charge in [-0.25, -0.2) is 4.79 Å². The molecule has 10 nitrogen and oxygen atoms in total. The van der Waals surface area contributed by atoms with Crippen molar-refractivity contribution in [2.75, 3.05) is 6.61 Å². The van der Waals surface area contributed by atoms with Crippen LogP contribution in [0.1, 0.15) is 44.5 Å². The normalized spacial score (nSPS) is 42.0. The Hall–Kier alpha value is -3.05. The van der Waals surface area contributed by atoms with Crippen molar-refractivity contribution >= 4 is 17.7 Å². The molecule has 0 amide bonds. The summed E-state index contributed by atoms with van der Waals surface area (Å²) < 4.78 is 17.5. The third-order valence-electron chi connectivity index (χ3n) is 9.11. The molecule has 3 aliphatic carbocycles. The molecule has 0 aromatic heterocycles. The minimum absolute atomic E-state index is 0.0543. The van der Waals surface area contributed by atoms with Gasteiger partial charge < -0.3 is 34.6 Å². The lowest BCUT2D eigenvalue weighted by Gasteiger charge is -2.65. The molecule has 0 radical (unpaired) electrons. The number of fused-ring (bicyclic) bond motifs is 5. The largest absolute Gasteiger partial charge is 0.508 e. The van der Waals surface area contributed by atoms with Gasteiger partial charge in [0.2, 0.25) is 0 Å². The van der Waals surface area contributed by atoms with Gasteiger partial charge in [0.25, 0.3) is 0 Å². The van der Waals surface area contributed by atoms with Gasteiger partial charge in [-0.3, -0.25) is 9.59 Å². The molecule has 2 saturated carbocycles. The van der Waals surface area contributed by atoms with Crippen LogP contribution in [0.15, 0.2) is 53.3 Å². The van der Waals surface area contributed by atoms with E-state index in [4.69, 9.17) is 14.2 Å². The summed E-state index contributed by atoms with van der Waals surface area (Å²) in [7, 11) is 0. The van der Waals surface area contributed by atoms with Gasteiger partial charge in [-0.1, -0.05) is 25.1 Å². The van der Waals surface area contributed by atoms with Crippen molar-refractivity contribution in [1.82, 2.24) is 0 Å². The molecule has 204 valence electrons. The van der Waals surface area contributed by atoms with Crippen LogP contribution in [0.4, 0.5) is 0 Å². The lowest BCUT2D eigenvalue weighted by atomic mass is 9.47. The topological polar surface area (TPSA) is 160 Å². The van der Waals surface area contributed by atoms with Crippen LogP contribution in [0.5, 0.6) is 0 Å². The molecular formula is C28H32O10.